The lowest BCUT2D eigenvalue weighted by Crippen LogP contribution is -2.15. The minimum atomic E-state index is -0.784. The first-order chi connectivity index (χ1) is 5.00. The number of aromatic nitrogens is 1. The molecule has 0 unspecified atom stereocenters. The summed E-state index contributed by atoms with van der Waals surface area (Å²) in [7, 11) is 0. The maximum absolute atomic E-state index is 9.57. The Labute approximate surface area is 79.8 Å². The van der Waals surface area contributed by atoms with E-state index in [1.807, 2.05) is 6.07 Å². The second kappa shape index (κ2) is 3.06. The highest BCUT2D eigenvalue weighted by Gasteiger charge is 2.15. The molecule has 3 heteroatoms. The molecular formula is C8H10INO. The molecule has 0 aliphatic heterocycles. The van der Waals surface area contributed by atoms with Gasteiger partial charge in [-0.3, -0.25) is 4.98 Å². The number of hydrogen-bond acceptors (Lipinski definition) is 2. The molecule has 60 valence electrons. The number of rotatable bonds is 1. The van der Waals surface area contributed by atoms with Crippen LogP contribution in [0.4, 0.5) is 0 Å². The van der Waals surface area contributed by atoms with Crippen molar-refractivity contribution in [2.45, 2.75) is 19.4 Å². The fourth-order valence-electron chi connectivity index (χ4n) is 0.746. The maximum atomic E-state index is 9.57. The summed E-state index contributed by atoms with van der Waals surface area (Å²) >= 11 is 2.17. The average molecular weight is 263 g/mol. The average Bonchev–Trinajstić information content (AvgIpc) is 1.86. The zero-order chi connectivity index (χ0) is 8.48. The number of halogens is 1. The van der Waals surface area contributed by atoms with Crippen LogP contribution in [-0.4, -0.2) is 10.1 Å². The predicted molar refractivity (Wildman–Crippen MR) is 52.2 cm³/mol. The van der Waals surface area contributed by atoms with Crippen molar-refractivity contribution < 1.29 is 5.11 Å². The Hall–Kier alpha value is -0.160. The monoisotopic (exact) mass is 263 g/mol. The normalized spacial score (nSPS) is 11.6. The summed E-state index contributed by atoms with van der Waals surface area (Å²) in [6.07, 6.45) is 3.44. The Kier molecular flexibility index (Phi) is 2.49. The second-order valence-electron chi connectivity index (χ2n) is 2.95. The Morgan fingerprint density at radius 3 is 2.45 bits per heavy atom. The van der Waals surface area contributed by atoms with Crippen LogP contribution in [0.2, 0.25) is 0 Å². The van der Waals surface area contributed by atoms with E-state index in [0.29, 0.717) is 0 Å². The van der Waals surface area contributed by atoms with Crippen LogP contribution in [0.5, 0.6) is 0 Å². The molecule has 0 aromatic carbocycles. The first-order valence-corrected chi connectivity index (χ1v) is 4.41. The van der Waals surface area contributed by atoms with Gasteiger partial charge in [0.1, 0.15) is 0 Å². The minimum Gasteiger partial charge on any atom is -0.386 e. The molecule has 0 aliphatic rings. The number of hydrogen-bond donors (Lipinski definition) is 1. The topological polar surface area (TPSA) is 33.1 Å². The Morgan fingerprint density at radius 2 is 2.09 bits per heavy atom. The van der Waals surface area contributed by atoms with Crippen molar-refractivity contribution in [3.05, 3.63) is 27.6 Å². The van der Waals surface area contributed by atoms with Crippen LogP contribution in [0.1, 0.15) is 19.4 Å². The first-order valence-electron chi connectivity index (χ1n) is 3.33. The van der Waals surface area contributed by atoms with E-state index in [1.54, 1.807) is 26.2 Å². The quantitative estimate of drug-likeness (QED) is 0.785. The summed E-state index contributed by atoms with van der Waals surface area (Å²) < 4.78 is 1.04. The molecule has 0 fully saturated rings. The van der Waals surface area contributed by atoms with Crippen molar-refractivity contribution in [2.24, 2.45) is 0 Å². The van der Waals surface area contributed by atoms with Gasteiger partial charge in [-0.2, -0.15) is 0 Å². The zero-order valence-corrected chi connectivity index (χ0v) is 8.66. The molecule has 0 atom stereocenters. The van der Waals surface area contributed by atoms with Gasteiger partial charge in [0.25, 0.3) is 0 Å². The zero-order valence-electron chi connectivity index (χ0n) is 6.50. The standard InChI is InChI=1S/C8H10INO/c1-8(2,11)6-3-7(9)5-10-4-6/h3-5,11H,1-2H3. The Bertz CT molecular complexity index is 255. The van der Waals surface area contributed by atoms with E-state index in [-0.39, 0.29) is 0 Å². The van der Waals surface area contributed by atoms with Crippen LogP contribution in [0, 0.1) is 3.57 Å². The number of nitrogens with zero attached hydrogens (tertiary/aromatic N) is 1. The highest BCUT2D eigenvalue weighted by atomic mass is 127. The lowest BCUT2D eigenvalue weighted by molar-refractivity contribution is 0.0781. The summed E-state index contributed by atoms with van der Waals surface area (Å²) in [6.45, 7) is 3.50. The summed E-state index contributed by atoms with van der Waals surface area (Å²) in [5.74, 6) is 0. The molecule has 1 rings (SSSR count). The van der Waals surface area contributed by atoms with E-state index in [9.17, 15) is 5.11 Å². The molecule has 2 nitrogen and oxygen atoms in total. The number of aliphatic hydroxyl groups is 1. The van der Waals surface area contributed by atoms with Crippen molar-refractivity contribution in [3.8, 4) is 0 Å². The van der Waals surface area contributed by atoms with Crippen LogP contribution < -0.4 is 0 Å². The molecule has 0 amide bonds. The number of pyridine rings is 1. The predicted octanol–water partition coefficient (Wildman–Crippen LogP) is 1.91. The molecule has 11 heavy (non-hydrogen) atoms. The third-order valence-corrected chi connectivity index (χ3v) is 2.00. The van der Waals surface area contributed by atoms with Crippen LogP contribution >= 0.6 is 22.6 Å². The van der Waals surface area contributed by atoms with Crippen molar-refractivity contribution in [3.63, 3.8) is 0 Å². The van der Waals surface area contributed by atoms with E-state index in [4.69, 9.17) is 0 Å². The maximum Gasteiger partial charge on any atom is 0.0855 e. The van der Waals surface area contributed by atoms with Gasteiger partial charge < -0.3 is 5.11 Å². The molecule has 0 aliphatic carbocycles. The lowest BCUT2D eigenvalue weighted by Gasteiger charge is -2.16. The first kappa shape index (κ1) is 8.93. The SMILES string of the molecule is CC(C)(O)c1cncc(I)c1. The molecule has 0 spiro atoms. The molecule has 1 N–H and O–H groups in total. The summed E-state index contributed by atoms with van der Waals surface area (Å²) in [6, 6.07) is 1.92. The summed E-state index contributed by atoms with van der Waals surface area (Å²) in [4.78, 5) is 3.98. The van der Waals surface area contributed by atoms with Crippen molar-refractivity contribution >= 4 is 22.6 Å². The van der Waals surface area contributed by atoms with E-state index in [2.05, 4.69) is 27.6 Å². The largest absolute Gasteiger partial charge is 0.386 e. The van der Waals surface area contributed by atoms with E-state index in [1.165, 1.54) is 0 Å². The highest BCUT2D eigenvalue weighted by Crippen LogP contribution is 2.19. The van der Waals surface area contributed by atoms with Crippen LogP contribution in [0.3, 0.4) is 0 Å². The van der Waals surface area contributed by atoms with E-state index in [0.717, 1.165) is 9.13 Å². The van der Waals surface area contributed by atoms with Crippen LogP contribution in [-0.2, 0) is 5.60 Å². The van der Waals surface area contributed by atoms with Gasteiger partial charge in [-0.1, -0.05) is 0 Å². The van der Waals surface area contributed by atoms with Gasteiger partial charge in [0.15, 0.2) is 0 Å². The van der Waals surface area contributed by atoms with Crippen LogP contribution in [0.15, 0.2) is 18.5 Å². The van der Waals surface area contributed by atoms with E-state index < -0.39 is 5.60 Å². The Balaban J connectivity index is 3.06. The third kappa shape index (κ3) is 2.41. The highest BCUT2D eigenvalue weighted by molar-refractivity contribution is 14.1. The molecule has 0 radical (unpaired) electrons. The molecule has 1 aromatic rings. The van der Waals surface area contributed by atoms with Gasteiger partial charge in [-0.15, -0.1) is 0 Å². The van der Waals surface area contributed by atoms with Crippen molar-refractivity contribution in [1.82, 2.24) is 4.98 Å². The second-order valence-corrected chi connectivity index (χ2v) is 4.20. The summed E-state index contributed by atoms with van der Waals surface area (Å²) in [5, 5.41) is 9.57. The van der Waals surface area contributed by atoms with Gasteiger partial charge in [-0.25, -0.2) is 0 Å². The van der Waals surface area contributed by atoms with Gasteiger partial charge in [0.05, 0.1) is 5.60 Å². The van der Waals surface area contributed by atoms with Crippen molar-refractivity contribution in [2.75, 3.05) is 0 Å². The Morgan fingerprint density at radius 1 is 1.45 bits per heavy atom. The molecule has 1 heterocycles. The fourth-order valence-corrected chi connectivity index (χ4v) is 1.24. The minimum absolute atomic E-state index is 0.784. The molecule has 1 aromatic heterocycles. The lowest BCUT2D eigenvalue weighted by atomic mass is 10.0. The van der Waals surface area contributed by atoms with E-state index >= 15 is 0 Å². The summed E-state index contributed by atoms with van der Waals surface area (Å²) in [5.41, 5.74) is 0.0677. The smallest absolute Gasteiger partial charge is 0.0855 e. The van der Waals surface area contributed by atoms with Gasteiger partial charge >= 0.3 is 0 Å². The molecule has 0 saturated heterocycles. The fraction of sp³-hybridized carbons (Fsp3) is 0.375. The third-order valence-electron chi connectivity index (χ3n) is 1.41. The van der Waals surface area contributed by atoms with Crippen LogP contribution in [0.25, 0.3) is 0 Å². The molecule has 0 bridgehead atoms. The van der Waals surface area contributed by atoms with Gasteiger partial charge in [0, 0.05) is 21.5 Å². The van der Waals surface area contributed by atoms with Crippen molar-refractivity contribution in [1.29, 1.82) is 0 Å². The molecular weight excluding hydrogens is 253 g/mol. The van der Waals surface area contributed by atoms with Gasteiger partial charge in [-0.05, 0) is 42.5 Å². The van der Waals surface area contributed by atoms with Gasteiger partial charge in [0.2, 0.25) is 0 Å². The molecule has 0 saturated carbocycles.